The van der Waals surface area contributed by atoms with Crippen molar-refractivity contribution in [3.8, 4) is 0 Å². The van der Waals surface area contributed by atoms with E-state index in [-0.39, 0.29) is 13.2 Å². The van der Waals surface area contributed by atoms with Gasteiger partial charge in [-0.2, -0.15) is 0 Å². The van der Waals surface area contributed by atoms with E-state index in [9.17, 15) is 5.11 Å². The lowest BCUT2D eigenvalue weighted by molar-refractivity contribution is -0.311. The standard InChI is InChI=1S/C23H39N3O11/c1-21(2)30-10-12(33-21)14(17-18(20(28-7)29-8)37-23(5,6)36-17)32-19-13(27)16-15(34-22(3,4)35-16)11(31-19)9-25-26-24/h11-20,27H,9-10H2,1-8H3/t11-,12-,13-,14-,15+,16-,17+,18-,19+/m1/s1. The number of aliphatic hydroxyl groups excluding tert-OH is 1. The van der Waals surface area contributed by atoms with Gasteiger partial charge in [0.15, 0.2) is 29.9 Å². The van der Waals surface area contributed by atoms with Crippen LogP contribution in [0.5, 0.6) is 0 Å². The van der Waals surface area contributed by atoms with Crippen LogP contribution in [0.3, 0.4) is 0 Å². The summed E-state index contributed by atoms with van der Waals surface area (Å²) in [6.07, 6.45) is -8.33. The molecule has 0 aliphatic carbocycles. The third-order valence-electron chi connectivity index (χ3n) is 6.69. The molecule has 37 heavy (non-hydrogen) atoms. The molecule has 0 aromatic carbocycles. The van der Waals surface area contributed by atoms with Gasteiger partial charge >= 0.3 is 0 Å². The third-order valence-corrected chi connectivity index (χ3v) is 6.69. The first-order valence-electron chi connectivity index (χ1n) is 12.4. The van der Waals surface area contributed by atoms with Crippen LogP contribution in [0.25, 0.3) is 10.4 Å². The second kappa shape index (κ2) is 10.8. The summed E-state index contributed by atoms with van der Waals surface area (Å²) >= 11 is 0. The van der Waals surface area contributed by atoms with Crippen LogP contribution in [-0.4, -0.2) is 111 Å². The Morgan fingerprint density at radius 2 is 1.54 bits per heavy atom. The minimum Gasteiger partial charge on any atom is -0.385 e. The highest BCUT2D eigenvalue weighted by atomic mass is 16.8. The van der Waals surface area contributed by atoms with Crippen molar-refractivity contribution < 1.29 is 52.5 Å². The number of hydrogen-bond donors (Lipinski definition) is 1. The maximum absolute atomic E-state index is 11.3. The van der Waals surface area contributed by atoms with Crippen molar-refractivity contribution in [3.05, 3.63) is 10.4 Å². The Bertz CT molecular complexity index is 848. The Morgan fingerprint density at radius 1 is 0.919 bits per heavy atom. The minimum absolute atomic E-state index is 0.0431. The first-order chi connectivity index (χ1) is 17.3. The molecule has 0 aromatic heterocycles. The van der Waals surface area contributed by atoms with Crippen LogP contribution in [0.1, 0.15) is 41.5 Å². The topological polar surface area (TPSA) is 161 Å². The molecule has 4 fully saturated rings. The van der Waals surface area contributed by atoms with E-state index in [1.165, 1.54) is 14.2 Å². The lowest BCUT2D eigenvalue weighted by Crippen LogP contribution is -2.60. The maximum atomic E-state index is 11.3. The molecule has 0 radical (unpaired) electrons. The summed E-state index contributed by atoms with van der Waals surface area (Å²) in [5, 5.41) is 14.9. The van der Waals surface area contributed by atoms with E-state index in [2.05, 4.69) is 10.0 Å². The number of hydrogen-bond acceptors (Lipinski definition) is 12. The van der Waals surface area contributed by atoms with Crippen molar-refractivity contribution in [2.24, 2.45) is 5.11 Å². The molecule has 4 saturated heterocycles. The molecule has 0 saturated carbocycles. The Morgan fingerprint density at radius 3 is 2.14 bits per heavy atom. The van der Waals surface area contributed by atoms with Gasteiger partial charge in [0.05, 0.1) is 19.3 Å². The molecule has 4 heterocycles. The minimum atomic E-state index is -1.23. The smallest absolute Gasteiger partial charge is 0.187 e. The van der Waals surface area contributed by atoms with Gasteiger partial charge in [0.2, 0.25) is 0 Å². The van der Waals surface area contributed by atoms with Gasteiger partial charge in [-0.3, -0.25) is 0 Å². The van der Waals surface area contributed by atoms with E-state index in [4.69, 9.17) is 52.9 Å². The number of nitrogens with zero attached hydrogens (tertiary/aromatic N) is 3. The molecule has 14 heteroatoms. The molecule has 0 bridgehead atoms. The molecule has 4 aliphatic heterocycles. The van der Waals surface area contributed by atoms with Crippen molar-refractivity contribution in [1.82, 2.24) is 0 Å². The van der Waals surface area contributed by atoms with E-state index in [0.717, 1.165) is 0 Å². The van der Waals surface area contributed by atoms with Gasteiger partial charge in [0, 0.05) is 19.1 Å². The first kappa shape index (κ1) is 28.9. The Hall–Kier alpha value is -1.13. The summed E-state index contributed by atoms with van der Waals surface area (Å²) in [5.74, 6) is -2.84. The van der Waals surface area contributed by atoms with Crippen LogP contribution >= 0.6 is 0 Å². The van der Waals surface area contributed by atoms with Crippen molar-refractivity contribution in [2.45, 2.75) is 120 Å². The molecular formula is C23H39N3O11. The number of rotatable bonds is 9. The molecule has 4 rings (SSSR count). The van der Waals surface area contributed by atoms with Crippen molar-refractivity contribution in [3.63, 3.8) is 0 Å². The molecule has 4 aliphatic rings. The monoisotopic (exact) mass is 533 g/mol. The van der Waals surface area contributed by atoms with Crippen LogP contribution in [0.2, 0.25) is 0 Å². The van der Waals surface area contributed by atoms with E-state index in [1.54, 1.807) is 41.5 Å². The van der Waals surface area contributed by atoms with E-state index in [1.807, 2.05) is 0 Å². The highest BCUT2D eigenvalue weighted by molar-refractivity contribution is 5.00. The van der Waals surface area contributed by atoms with Crippen molar-refractivity contribution in [1.29, 1.82) is 0 Å². The SMILES string of the molecule is COC(OC)[C@@H]1OC(C)(C)O[C@H]1[C@H](O[C@@H]1O[C@H](CN=[N+]=[N-])[C@@H]2OC(C)(C)O[C@@H]2[C@H]1O)[C@H]1COC(C)(C)O1. The Balaban J connectivity index is 1.64. The number of fused-ring (bicyclic) bond motifs is 1. The van der Waals surface area contributed by atoms with Gasteiger partial charge in [-0.15, -0.1) is 0 Å². The van der Waals surface area contributed by atoms with Crippen molar-refractivity contribution >= 4 is 0 Å². The molecule has 1 N–H and O–H groups in total. The quantitative estimate of drug-likeness (QED) is 0.198. The van der Waals surface area contributed by atoms with E-state index < -0.39 is 78.8 Å². The van der Waals surface area contributed by atoms with Crippen LogP contribution in [0.4, 0.5) is 0 Å². The number of methoxy groups -OCH3 is 2. The van der Waals surface area contributed by atoms with Gasteiger partial charge in [-0.05, 0) is 47.1 Å². The second-order valence-corrected chi connectivity index (χ2v) is 10.9. The van der Waals surface area contributed by atoms with Gasteiger partial charge in [-0.1, -0.05) is 5.11 Å². The molecule has 212 valence electrons. The van der Waals surface area contributed by atoms with Crippen LogP contribution in [0.15, 0.2) is 5.11 Å². The highest BCUT2D eigenvalue weighted by Gasteiger charge is 2.58. The Labute approximate surface area is 216 Å². The zero-order valence-electron chi connectivity index (χ0n) is 22.6. The lowest BCUT2D eigenvalue weighted by Gasteiger charge is -2.42. The summed E-state index contributed by atoms with van der Waals surface area (Å²) in [7, 11) is 3.00. The summed E-state index contributed by atoms with van der Waals surface area (Å²) in [6.45, 7) is 10.8. The fraction of sp³-hybridized carbons (Fsp3) is 1.00. The largest absolute Gasteiger partial charge is 0.385 e. The maximum Gasteiger partial charge on any atom is 0.187 e. The van der Waals surface area contributed by atoms with Gasteiger partial charge in [-0.25, -0.2) is 0 Å². The zero-order chi connectivity index (χ0) is 27.2. The predicted octanol–water partition coefficient (Wildman–Crippen LogP) is 1.58. The van der Waals surface area contributed by atoms with Gasteiger partial charge < -0.3 is 52.5 Å². The summed E-state index contributed by atoms with van der Waals surface area (Å²) in [4.78, 5) is 2.84. The van der Waals surface area contributed by atoms with E-state index in [0.29, 0.717) is 0 Å². The predicted molar refractivity (Wildman–Crippen MR) is 124 cm³/mol. The number of azide groups is 1. The van der Waals surface area contributed by atoms with Crippen molar-refractivity contribution in [2.75, 3.05) is 27.4 Å². The molecule has 0 unspecified atom stereocenters. The molecule has 0 aromatic rings. The highest BCUT2D eigenvalue weighted by Crippen LogP contribution is 2.41. The molecule has 14 nitrogen and oxygen atoms in total. The zero-order valence-corrected chi connectivity index (χ0v) is 22.6. The Kier molecular flexibility index (Phi) is 8.42. The first-order valence-corrected chi connectivity index (χ1v) is 12.4. The van der Waals surface area contributed by atoms with Crippen LogP contribution in [-0.2, 0) is 47.4 Å². The van der Waals surface area contributed by atoms with E-state index >= 15 is 0 Å². The summed E-state index contributed by atoms with van der Waals surface area (Å²) in [5.41, 5.74) is 8.88. The molecule has 0 spiro atoms. The molecule has 0 amide bonds. The average Bonchev–Trinajstić information content (AvgIpc) is 3.45. The summed E-state index contributed by atoms with van der Waals surface area (Å²) in [6, 6.07) is 0. The normalized spacial score (nSPS) is 40.9. The van der Waals surface area contributed by atoms with Gasteiger partial charge in [0.1, 0.15) is 42.7 Å². The molecule has 9 atom stereocenters. The molecular weight excluding hydrogens is 494 g/mol. The fourth-order valence-electron chi connectivity index (χ4n) is 5.29. The third kappa shape index (κ3) is 6.21. The number of aliphatic hydroxyl groups is 1. The van der Waals surface area contributed by atoms with Crippen LogP contribution < -0.4 is 0 Å². The number of ether oxygens (including phenoxy) is 10. The lowest BCUT2D eigenvalue weighted by atomic mass is 9.98. The second-order valence-electron chi connectivity index (χ2n) is 10.9. The fourth-order valence-corrected chi connectivity index (χ4v) is 5.29. The van der Waals surface area contributed by atoms with Gasteiger partial charge in [0.25, 0.3) is 0 Å². The summed E-state index contributed by atoms with van der Waals surface area (Å²) < 4.78 is 59.9. The average molecular weight is 534 g/mol. The van der Waals surface area contributed by atoms with Crippen LogP contribution in [0, 0.1) is 0 Å².